The molecule has 0 radical (unpaired) electrons. The lowest BCUT2D eigenvalue weighted by molar-refractivity contribution is 0.606. The fraction of sp³-hybridized carbons (Fsp3) is 0. The Morgan fingerprint density at radius 1 is 1.21 bits per heavy atom. The fourth-order valence-electron chi connectivity index (χ4n) is 1.43. The summed E-state index contributed by atoms with van der Waals surface area (Å²) in [5, 5.41) is 13.6. The molecule has 1 heterocycles. The molecule has 0 aliphatic carbocycles. The first kappa shape index (κ1) is 13.9. The standard InChI is InChI=1S/C13H9NO2S3/c14-10-18-12(11-5-2-1-3-6-11)9-19(15,16)13-7-4-8-17-13/h1-9H/b12-9+. The van der Waals surface area contributed by atoms with Crippen molar-refractivity contribution in [2.45, 2.75) is 4.21 Å². The Morgan fingerprint density at radius 2 is 1.95 bits per heavy atom. The van der Waals surface area contributed by atoms with E-state index in [0.29, 0.717) is 10.5 Å². The van der Waals surface area contributed by atoms with Crippen LogP contribution in [-0.4, -0.2) is 8.42 Å². The number of thiophene rings is 1. The Balaban J connectivity index is 2.46. The molecule has 3 nitrogen and oxygen atoms in total. The van der Waals surface area contributed by atoms with E-state index < -0.39 is 9.84 Å². The van der Waals surface area contributed by atoms with Crippen LogP contribution in [0, 0.1) is 10.7 Å². The fourth-order valence-corrected chi connectivity index (χ4v) is 4.45. The lowest BCUT2D eigenvalue weighted by Gasteiger charge is -2.02. The SMILES string of the molecule is N#CS/C(=C/S(=O)(=O)c1cccs1)c1ccccc1. The third-order valence-electron chi connectivity index (χ3n) is 2.25. The van der Waals surface area contributed by atoms with Crippen LogP contribution in [-0.2, 0) is 9.84 Å². The van der Waals surface area contributed by atoms with Crippen molar-refractivity contribution in [3.05, 3.63) is 58.8 Å². The monoisotopic (exact) mass is 307 g/mol. The van der Waals surface area contributed by atoms with Crippen LogP contribution in [0.15, 0.2) is 57.5 Å². The van der Waals surface area contributed by atoms with Gasteiger partial charge in [0.15, 0.2) is 0 Å². The molecule has 19 heavy (non-hydrogen) atoms. The maximum absolute atomic E-state index is 12.2. The highest BCUT2D eigenvalue weighted by Gasteiger charge is 2.15. The van der Waals surface area contributed by atoms with Gasteiger partial charge in [0.25, 0.3) is 0 Å². The van der Waals surface area contributed by atoms with Crippen molar-refractivity contribution in [1.82, 2.24) is 0 Å². The Labute approximate surface area is 120 Å². The molecule has 0 atom stereocenters. The van der Waals surface area contributed by atoms with Gasteiger partial charge in [0.05, 0.1) is 5.41 Å². The van der Waals surface area contributed by atoms with E-state index in [1.165, 1.54) is 0 Å². The smallest absolute Gasteiger partial charge is 0.210 e. The summed E-state index contributed by atoms with van der Waals surface area (Å²) in [6, 6.07) is 12.2. The molecule has 0 saturated heterocycles. The van der Waals surface area contributed by atoms with Gasteiger partial charge in [-0.3, -0.25) is 0 Å². The molecule has 0 aliphatic heterocycles. The molecule has 0 spiro atoms. The summed E-state index contributed by atoms with van der Waals surface area (Å²) in [5.74, 6) is 0. The molecule has 0 aliphatic rings. The van der Waals surface area contributed by atoms with Crippen molar-refractivity contribution in [2.24, 2.45) is 0 Å². The van der Waals surface area contributed by atoms with E-state index in [-0.39, 0.29) is 4.21 Å². The van der Waals surface area contributed by atoms with Crippen LogP contribution in [0.1, 0.15) is 5.56 Å². The zero-order chi connectivity index (χ0) is 13.7. The number of nitrogens with zero attached hydrogens (tertiary/aromatic N) is 1. The first-order valence-corrected chi connectivity index (χ1v) is 8.49. The maximum atomic E-state index is 12.2. The normalized spacial score (nSPS) is 12.1. The van der Waals surface area contributed by atoms with Gasteiger partial charge in [0.1, 0.15) is 9.61 Å². The van der Waals surface area contributed by atoms with Gasteiger partial charge in [-0.1, -0.05) is 36.4 Å². The van der Waals surface area contributed by atoms with Crippen LogP contribution in [0.2, 0.25) is 0 Å². The van der Waals surface area contributed by atoms with Crippen molar-refractivity contribution in [3.8, 4) is 5.40 Å². The summed E-state index contributed by atoms with van der Waals surface area (Å²) in [6.45, 7) is 0. The Bertz CT molecular complexity index is 711. The minimum absolute atomic E-state index is 0.277. The third kappa shape index (κ3) is 3.47. The number of hydrogen-bond acceptors (Lipinski definition) is 5. The number of benzene rings is 1. The van der Waals surface area contributed by atoms with Crippen molar-refractivity contribution in [1.29, 1.82) is 5.26 Å². The molecule has 0 unspecified atom stereocenters. The molecule has 2 rings (SSSR count). The zero-order valence-electron chi connectivity index (χ0n) is 9.68. The van der Waals surface area contributed by atoms with E-state index in [4.69, 9.17) is 5.26 Å². The molecule has 0 fully saturated rings. The average molecular weight is 307 g/mol. The molecule has 1 aromatic carbocycles. The summed E-state index contributed by atoms with van der Waals surface area (Å²) >= 11 is 2.01. The molecule has 0 bridgehead atoms. The van der Waals surface area contributed by atoms with E-state index in [1.807, 2.05) is 11.5 Å². The first-order chi connectivity index (χ1) is 9.13. The van der Waals surface area contributed by atoms with Crippen LogP contribution >= 0.6 is 23.1 Å². The van der Waals surface area contributed by atoms with E-state index >= 15 is 0 Å². The lowest BCUT2D eigenvalue weighted by Crippen LogP contribution is -1.94. The molecule has 0 amide bonds. The summed E-state index contributed by atoms with van der Waals surface area (Å²) < 4.78 is 24.6. The number of nitriles is 1. The summed E-state index contributed by atoms with van der Waals surface area (Å²) in [4.78, 5) is 0.427. The lowest BCUT2D eigenvalue weighted by atomic mass is 10.2. The number of thioether (sulfide) groups is 1. The van der Waals surface area contributed by atoms with Gasteiger partial charge in [-0.05, 0) is 28.8 Å². The third-order valence-corrected chi connectivity index (χ3v) is 5.96. The molecule has 96 valence electrons. The minimum atomic E-state index is -3.50. The molecule has 0 saturated carbocycles. The molecular formula is C13H9NO2S3. The minimum Gasteiger partial charge on any atom is -0.218 e. The van der Waals surface area contributed by atoms with Gasteiger partial charge in [0.2, 0.25) is 9.84 Å². The van der Waals surface area contributed by atoms with Crippen molar-refractivity contribution < 1.29 is 8.42 Å². The Hall–Kier alpha value is -1.55. The molecule has 6 heteroatoms. The quantitative estimate of drug-likeness (QED) is 0.807. The summed E-state index contributed by atoms with van der Waals surface area (Å²) in [6.07, 6.45) is 0. The summed E-state index contributed by atoms with van der Waals surface area (Å²) in [7, 11) is -3.50. The highest BCUT2D eigenvalue weighted by Crippen LogP contribution is 2.30. The number of sulfone groups is 1. The second-order valence-electron chi connectivity index (χ2n) is 3.52. The largest absolute Gasteiger partial charge is 0.218 e. The average Bonchev–Trinajstić information content (AvgIpc) is 2.94. The molecule has 2 aromatic rings. The van der Waals surface area contributed by atoms with Gasteiger partial charge in [-0.2, -0.15) is 5.26 Å². The van der Waals surface area contributed by atoms with Crippen molar-refractivity contribution in [3.63, 3.8) is 0 Å². The van der Waals surface area contributed by atoms with Gasteiger partial charge in [-0.15, -0.1) is 11.3 Å². The molecule has 1 aromatic heterocycles. The van der Waals surface area contributed by atoms with Gasteiger partial charge >= 0.3 is 0 Å². The van der Waals surface area contributed by atoms with E-state index in [1.54, 1.807) is 41.8 Å². The second kappa shape index (κ2) is 6.06. The predicted molar refractivity (Wildman–Crippen MR) is 79.1 cm³/mol. The zero-order valence-corrected chi connectivity index (χ0v) is 12.1. The van der Waals surface area contributed by atoms with Crippen molar-refractivity contribution in [2.75, 3.05) is 0 Å². The number of thiocyanates is 1. The highest BCUT2D eigenvalue weighted by atomic mass is 32.2. The van der Waals surface area contributed by atoms with Gasteiger partial charge < -0.3 is 0 Å². The van der Waals surface area contributed by atoms with Crippen molar-refractivity contribution >= 4 is 37.8 Å². The van der Waals surface area contributed by atoms with Crippen LogP contribution in [0.5, 0.6) is 0 Å². The maximum Gasteiger partial charge on any atom is 0.210 e. The van der Waals surface area contributed by atoms with E-state index in [9.17, 15) is 8.42 Å². The second-order valence-corrected chi connectivity index (χ2v) is 7.32. The van der Waals surface area contributed by atoms with Crippen LogP contribution in [0.4, 0.5) is 0 Å². The first-order valence-electron chi connectivity index (χ1n) is 5.25. The van der Waals surface area contributed by atoms with Crippen LogP contribution < -0.4 is 0 Å². The predicted octanol–water partition coefficient (Wildman–Crippen LogP) is 3.73. The molecule has 0 N–H and O–H groups in total. The van der Waals surface area contributed by atoms with E-state index in [0.717, 1.165) is 28.5 Å². The van der Waals surface area contributed by atoms with Crippen LogP contribution in [0.3, 0.4) is 0 Å². The highest BCUT2D eigenvalue weighted by molar-refractivity contribution is 8.13. The number of rotatable bonds is 4. The Morgan fingerprint density at radius 3 is 2.53 bits per heavy atom. The number of hydrogen-bond donors (Lipinski definition) is 0. The van der Waals surface area contributed by atoms with Crippen LogP contribution in [0.25, 0.3) is 4.91 Å². The van der Waals surface area contributed by atoms with Gasteiger partial charge in [0, 0.05) is 4.91 Å². The summed E-state index contributed by atoms with van der Waals surface area (Å²) in [5.41, 5.74) is 0.717. The topological polar surface area (TPSA) is 57.9 Å². The Kier molecular flexibility index (Phi) is 4.43. The van der Waals surface area contributed by atoms with Gasteiger partial charge in [-0.25, -0.2) is 8.42 Å². The van der Waals surface area contributed by atoms with E-state index in [2.05, 4.69) is 0 Å². The molecular weight excluding hydrogens is 298 g/mol.